The number of carbonyl (C=O) groups excluding carboxylic acids is 1. The minimum atomic E-state index is -0.644. The highest BCUT2D eigenvalue weighted by Crippen LogP contribution is 2.32. The van der Waals surface area contributed by atoms with Crippen molar-refractivity contribution in [3.63, 3.8) is 0 Å². The lowest BCUT2D eigenvalue weighted by molar-refractivity contribution is -0.143. The number of hydrogen-bond acceptors (Lipinski definition) is 7. The molecule has 1 aliphatic rings. The Labute approximate surface area is 232 Å². The van der Waals surface area contributed by atoms with Crippen LogP contribution in [0.2, 0.25) is 0 Å². The lowest BCUT2D eigenvalue weighted by Gasteiger charge is -2.25. The Morgan fingerprint density at radius 2 is 1.84 bits per heavy atom. The van der Waals surface area contributed by atoms with E-state index in [0.717, 1.165) is 20.5 Å². The summed E-state index contributed by atoms with van der Waals surface area (Å²) in [6.45, 7) is 9.32. The van der Waals surface area contributed by atoms with E-state index < -0.39 is 12.0 Å². The van der Waals surface area contributed by atoms with E-state index in [0.29, 0.717) is 26.4 Å². The normalized spacial score (nSPS) is 15.7. The molecule has 194 valence electrons. The van der Waals surface area contributed by atoms with Crippen LogP contribution in [0, 0.1) is 0 Å². The van der Waals surface area contributed by atoms with Crippen LogP contribution >= 0.6 is 39.0 Å². The number of thiazole rings is 1. The van der Waals surface area contributed by atoms with Crippen LogP contribution in [0.25, 0.3) is 6.08 Å². The molecule has 0 N–H and O–H groups in total. The Kier molecular flexibility index (Phi) is 8.46. The number of fused-ring (bicyclic) bond motifs is 1. The van der Waals surface area contributed by atoms with Crippen LogP contribution in [0.15, 0.2) is 72.9 Å². The molecule has 0 unspecified atom stereocenters. The number of thioether (sulfide) groups is 1. The monoisotopic (exact) mass is 600 g/mol. The standard InChI is InChI=1S/C28H29BrN2O4S2/c1-15(2)34-22-12-9-20(29)13-19(22)14-23-26(32)31-25(18-7-10-21(36-6)11-8-18)24(27(33)35-16(3)4)17(5)30-28(31)37-23/h7-16,25H,1-6H3/b23-14-/t25-/m1/s1. The number of esters is 1. The van der Waals surface area contributed by atoms with E-state index in [1.165, 1.54) is 11.3 Å². The van der Waals surface area contributed by atoms with Crippen LogP contribution in [-0.2, 0) is 9.53 Å². The van der Waals surface area contributed by atoms with Crippen molar-refractivity contribution in [3.05, 3.63) is 89.0 Å². The molecule has 0 amide bonds. The second-order valence-corrected chi connectivity index (χ2v) is 12.0. The van der Waals surface area contributed by atoms with Crippen molar-refractivity contribution < 1.29 is 14.3 Å². The molecule has 4 rings (SSSR count). The Morgan fingerprint density at radius 3 is 2.46 bits per heavy atom. The summed E-state index contributed by atoms with van der Waals surface area (Å²) in [5, 5.41) is 0. The fourth-order valence-electron chi connectivity index (χ4n) is 4.10. The van der Waals surface area contributed by atoms with Gasteiger partial charge >= 0.3 is 5.97 Å². The third-order valence-electron chi connectivity index (χ3n) is 5.64. The maximum Gasteiger partial charge on any atom is 0.338 e. The first kappa shape index (κ1) is 27.4. The molecule has 1 aromatic heterocycles. The number of halogens is 1. The molecular formula is C28H29BrN2O4S2. The lowest BCUT2D eigenvalue weighted by atomic mass is 9.96. The molecule has 3 aromatic rings. The topological polar surface area (TPSA) is 69.9 Å². The van der Waals surface area contributed by atoms with E-state index in [2.05, 4.69) is 20.9 Å². The molecule has 2 heterocycles. The number of allylic oxidation sites excluding steroid dienone is 1. The SMILES string of the molecule is CSc1ccc([C@@H]2C(C(=O)OC(C)C)=C(C)N=c3s/c(=C\c4cc(Br)ccc4OC(C)C)c(=O)n32)cc1. The van der Waals surface area contributed by atoms with Gasteiger partial charge in [0.25, 0.3) is 5.56 Å². The number of hydrogen-bond donors (Lipinski definition) is 0. The van der Waals surface area contributed by atoms with Crippen LogP contribution in [-0.4, -0.2) is 29.0 Å². The van der Waals surface area contributed by atoms with Crippen molar-refractivity contribution in [2.75, 3.05) is 6.26 Å². The van der Waals surface area contributed by atoms with Crippen LogP contribution in [0.1, 0.15) is 51.8 Å². The molecule has 37 heavy (non-hydrogen) atoms. The molecule has 0 saturated heterocycles. The maximum atomic E-state index is 13.9. The first-order valence-corrected chi connectivity index (χ1v) is 14.8. The van der Waals surface area contributed by atoms with Crippen molar-refractivity contribution >= 4 is 51.1 Å². The van der Waals surface area contributed by atoms with Gasteiger partial charge in [-0.15, -0.1) is 11.8 Å². The Balaban J connectivity index is 1.94. The highest BCUT2D eigenvalue weighted by molar-refractivity contribution is 9.10. The number of rotatable bonds is 7. The first-order valence-electron chi connectivity index (χ1n) is 11.9. The maximum absolute atomic E-state index is 13.9. The van der Waals surface area contributed by atoms with Gasteiger partial charge in [-0.3, -0.25) is 9.36 Å². The molecule has 1 aliphatic heterocycles. The smallest absolute Gasteiger partial charge is 0.338 e. The summed E-state index contributed by atoms with van der Waals surface area (Å²) in [5.74, 6) is 0.217. The van der Waals surface area contributed by atoms with Gasteiger partial charge in [0.05, 0.1) is 34.1 Å². The molecule has 2 aromatic carbocycles. The number of aromatic nitrogens is 1. The predicted octanol–water partition coefficient (Wildman–Crippen LogP) is 5.46. The second-order valence-electron chi connectivity index (χ2n) is 9.16. The molecule has 9 heteroatoms. The zero-order valence-corrected chi connectivity index (χ0v) is 24.8. The largest absolute Gasteiger partial charge is 0.490 e. The molecule has 0 radical (unpaired) electrons. The first-order chi connectivity index (χ1) is 17.6. The van der Waals surface area contributed by atoms with E-state index in [9.17, 15) is 9.59 Å². The highest BCUT2D eigenvalue weighted by Gasteiger charge is 2.33. The Morgan fingerprint density at radius 1 is 1.14 bits per heavy atom. The molecule has 6 nitrogen and oxygen atoms in total. The van der Waals surface area contributed by atoms with E-state index in [1.54, 1.807) is 37.1 Å². The quantitative estimate of drug-likeness (QED) is 0.266. The van der Waals surface area contributed by atoms with Gasteiger partial charge in [0.15, 0.2) is 4.80 Å². The molecular weight excluding hydrogens is 572 g/mol. The molecule has 0 aliphatic carbocycles. The fraction of sp³-hybridized carbons (Fsp3) is 0.321. The van der Waals surface area contributed by atoms with Crippen molar-refractivity contribution in [1.29, 1.82) is 0 Å². The molecule has 0 saturated carbocycles. The summed E-state index contributed by atoms with van der Waals surface area (Å²) in [5.41, 5.74) is 2.30. The van der Waals surface area contributed by atoms with Crippen molar-refractivity contribution in [2.24, 2.45) is 4.99 Å². The second kappa shape index (κ2) is 11.4. The summed E-state index contributed by atoms with van der Waals surface area (Å²) < 4.78 is 14.5. The zero-order chi connectivity index (χ0) is 26.9. The lowest BCUT2D eigenvalue weighted by Crippen LogP contribution is -2.40. The predicted molar refractivity (Wildman–Crippen MR) is 153 cm³/mol. The van der Waals surface area contributed by atoms with Crippen LogP contribution in [0.4, 0.5) is 0 Å². The zero-order valence-electron chi connectivity index (χ0n) is 21.6. The average molecular weight is 602 g/mol. The Hall–Kier alpha value is -2.62. The molecule has 0 bridgehead atoms. The minimum Gasteiger partial charge on any atom is -0.490 e. The van der Waals surface area contributed by atoms with Gasteiger partial charge in [-0.25, -0.2) is 9.79 Å². The number of nitrogens with zero attached hydrogens (tertiary/aromatic N) is 2. The van der Waals surface area contributed by atoms with Gasteiger partial charge < -0.3 is 9.47 Å². The number of benzene rings is 2. The van der Waals surface area contributed by atoms with E-state index >= 15 is 0 Å². The molecule has 1 atom stereocenters. The minimum absolute atomic E-state index is 0.0176. The summed E-state index contributed by atoms with van der Waals surface area (Å²) in [4.78, 5) is 33.4. The third-order valence-corrected chi connectivity index (χ3v) is 7.86. The summed E-state index contributed by atoms with van der Waals surface area (Å²) in [6, 6.07) is 13.0. The number of carbonyl (C=O) groups is 1. The van der Waals surface area contributed by atoms with E-state index in [-0.39, 0.29) is 17.8 Å². The van der Waals surface area contributed by atoms with Gasteiger partial charge in [-0.05, 0) is 82.8 Å². The molecule has 0 spiro atoms. The summed E-state index contributed by atoms with van der Waals surface area (Å²) in [7, 11) is 0. The van der Waals surface area contributed by atoms with E-state index in [1.807, 2.05) is 68.6 Å². The van der Waals surface area contributed by atoms with Gasteiger partial charge in [0.2, 0.25) is 0 Å². The van der Waals surface area contributed by atoms with Crippen molar-refractivity contribution in [3.8, 4) is 5.75 Å². The van der Waals surface area contributed by atoms with E-state index in [4.69, 9.17) is 9.47 Å². The third kappa shape index (κ3) is 5.94. The van der Waals surface area contributed by atoms with Gasteiger partial charge in [0.1, 0.15) is 5.75 Å². The summed E-state index contributed by atoms with van der Waals surface area (Å²) in [6.07, 6.45) is 3.52. The summed E-state index contributed by atoms with van der Waals surface area (Å²) >= 11 is 6.45. The average Bonchev–Trinajstić information content (AvgIpc) is 3.13. The highest BCUT2D eigenvalue weighted by atomic mass is 79.9. The van der Waals surface area contributed by atoms with Crippen molar-refractivity contribution in [2.45, 2.75) is 57.8 Å². The van der Waals surface area contributed by atoms with Crippen LogP contribution in [0.5, 0.6) is 5.75 Å². The Bertz CT molecular complexity index is 1540. The van der Waals surface area contributed by atoms with Crippen LogP contribution < -0.4 is 19.6 Å². The van der Waals surface area contributed by atoms with Gasteiger partial charge in [0, 0.05) is 14.9 Å². The number of ether oxygens (including phenoxy) is 2. The van der Waals surface area contributed by atoms with Crippen molar-refractivity contribution in [1.82, 2.24) is 4.57 Å². The fourth-order valence-corrected chi connectivity index (χ4v) is 5.92. The van der Waals surface area contributed by atoms with Gasteiger partial charge in [-0.1, -0.05) is 39.4 Å². The van der Waals surface area contributed by atoms with Gasteiger partial charge in [-0.2, -0.15) is 0 Å². The molecule has 0 fully saturated rings. The van der Waals surface area contributed by atoms with Crippen LogP contribution in [0.3, 0.4) is 0 Å².